The zero-order chi connectivity index (χ0) is 91.8. The van der Waals surface area contributed by atoms with Gasteiger partial charge in [0.15, 0.2) is 0 Å². The molecule has 0 atom stereocenters. The maximum absolute atomic E-state index is 12.1. The third kappa shape index (κ3) is 19.9. The number of nitrogens with zero attached hydrogens (tertiary/aromatic N) is 8. The van der Waals surface area contributed by atoms with Crippen LogP contribution in [0, 0.1) is 0 Å². The number of nitrogens with two attached hydrogens (primary N) is 5. The zero-order valence-corrected chi connectivity index (χ0v) is 75.4. The van der Waals surface area contributed by atoms with Crippen LogP contribution in [0.4, 0.5) is 0 Å². The fraction of sp³-hybridized carbons (Fsp3) is 0.100. The molecule has 4 aliphatic rings. The van der Waals surface area contributed by atoms with Crippen LogP contribution < -0.4 is 28.0 Å². The van der Waals surface area contributed by atoms with Crippen LogP contribution in [0.25, 0.3) is 177 Å². The van der Waals surface area contributed by atoms with Gasteiger partial charge in [0.2, 0.25) is 20.0 Å². The average Bonchev–Trinajstić information content (AvgIpc) is 1.57. The van der Waals surface area contributed by atoms with E-state index in [1.54, 1.807) is 109 Å². The Morgan fingerprint density at radius 1 is 0.258 bits per heavy atom. The van der Waals surface area contributed by atoms with Crippen LogP contribution in [0.3, 0.4) is 0 Å². The highest BCUT2D eigenvalue weighted by molar-refractivity contribution is 7.95. The first-order chi connectivity index (χ1) is 61.7. The number of fused-ring (bicyclic) bond motifs is 16. The van der Waals surface area contributed by atoms with Crippen molar-refractivity contribution >= 4 is 200 Å². The summed E-state index contributed by atoms with van der Waals surface area (Å²) in [5.74, 6) is 14.7. The molecule has 12 aromatic carbocycles. The van der Waals surface area contributed by atoms with Gasteiger partial charge in [-0.15, -0.1) is 41.0 Å². The fourth-order valence-electron chi connectivity index (χ4n) is 14.1. The Kier molecular flexibility index (Phi) is 30.6. The van der Waals surface area contributed by atoms with Crippen LogP contribution in [0.15, 0.2) is 231 Å². The molecule has 0 aliphatic heterocycles. The second-order valence-electron chi connectivity index (χ2n) is 25.6. The molecule has 15 N–H and O–H groups in total. The van der Waals surface area contributed by atoms with Crippen molar-refractivity contribution < 1.29 is 115 Å². The summed E-state index contributed by atoms with van der Waals surface area (Å²) in [5.41, 5.74) is 14.9. The molecular formula is C80H69N13O25S10. The monoisotopic (exact) mass is 1930 g/mol. The van der Waals surface area contributed by atoms with Crippen LogP contribution in [0.1, 0.15) is 55.4 Å². The van der Waals surface area contributed by atoms with Crippen LogP contribution in [-0.2, 0) is 96.4 Å². The Labute approximate surface area is 752 Å². The molecule has 0 spiro atoms. The van der Waals surface area contributed by atoms with E-state index in [1.165, 1.54) is 36.4 Å². The molecule has 0 saturated carbocycles. The lowest BCUT2D eigenvalue weighted by Crippen LogP contribution is -2.12. The molecule has 38 nitrogen and oxygen atoms in total. The minimum Gasteiger partial charge on any atom is -0.282 e. The topological polar surface area (TPSA) is 582 Å². The van der Waals surface area contributed by atoms with Crippen molar-refractivity contribution in [2.75, 3.05) is 0 Å². The first-order valence-corrected chi connectivity index (χ1v) is 47.8. The summed E-state index contributed by atoms with van der Waals surface area (Å²) in [7, 11) is -16.7. The van der Waals surface area contributed by atoms with Crippen molar-refractivity contribution in [3.05, 3.63) is 182 Å². The summed E-state index contributed by atoms with van der Waals surface area (Å²) in [6, 6.07) is 50.7. The van der Waals surface area contributed by atoms with Crippen LogP contribution in [-0.4, -0.2) is 98.4 Å². The predicted octanol–water partition coefficient (Wildman–Crippen LogP) is 18.4. The summed E-state index contributed by atoms with van der Waals surface area (Å²) < 4.78 is 142. The largest absolute Gasteiger partial charge is 0.294 e. The molecule has 0 amide bonds. The summed E-state index contributed by atoms with van der Waals surface area (Å²) in [6.07, 6.45) is 0. The minimum atomic E-state index is -4.48. The molecule has 0 saturated heterocycles. The Morgan fingerprint density at radius 2 is 0.492 bits per heavy atom. The van der Waals surface area contributed by atoms with Gasteiger partial charge < -0.3 is 0 Å². The highest BCUT2D eigenvalue weighted by atomic mass is 32.2. The number of primary sulfonamides is 2. The first kappa shape index (κ1) is 95.6. The van der Waals surface area contributed by atoms with E-state index in [0.717, 1.165) is 103 Å². The Bertz CT molecular complexity index is 7100. The van der Waals surface area contributed by atoms with Crippen LogP contribution in [0.5, 0.6) is 0 Å². The van der Waals surface area contributed by atoms with E-state index in [2.05, 4.69) is 56.7 Å². The molecule has 128 heavy (non-hydrogen) atoms. The molecule has 4 aromatic heterocycles. The first-order valence-electron chi connectivity index (χ1n) is 37.4. The molecule has 0 bridgehead atoms. The van der Waals surface area contributed by atoms with Crippen molar-refractivity contribution in [2.45, 2.75) is 104 Å². The summed E-state index contributed by atoms with van der Waals surface area (Å²) in [6.45, 7) is 16.0. The zero-order valence-electron chi connectivity index (χ0n) is 67.3. The maximum atomic E-state index is 12.1. The van der Waals surface area contributed by atoms with Crippen molar-refractivity contribution in [1.29, 1.82) is 0 Å². The van der Waals surface area contributed by atoms with Gasteiger partial charge >= 0.3 is 0 Å². The van der Waals surface area contributed by atoms with Gasteiger partial charge in [-0.1, -0.05) is 107 Å². The van der Waals surface area contributed by atoms with E-state index in [-0.39, 0.29) is 19.6 Å². The molecule has 0 unspecified atom stereocenters. The lowest BCUT2D eigenvalue weighted by Gasteiger charge is -2.07. The van der Waals surface area contributed by atoms with Gasteiger partial charge in [-0.3, -0.25) is 9.11 Å². The van der Waals surface area contributed by atoms with Gasteiger partial charge in [0.05, 0.1) is 182 Å². The average molecular weight is 1930 g/mol. The Morgan fingerprint density at radius 3 is 0.781 bits per heavy atom. The Hall–Kier alpha value is -9.94. The van der Waals surface area contributed by atoms with Crippen LogP contribution >= 0.6 is 72.3 Å². The maximum Gasteiger partial charge on any atom is 0.294 e. The minimum absolute atomic E-state index is 0.0368. The molecule has 0 fully saturated rings. The third-order valence-electron chi connectivity index (χ3n) is 18.7. The highest BCUT2D eigenvalue weighted by Gasteiger charge is 2.34. The molecule has 16 aromatic rings. The lowest BCUT2D eigenvalue weighted by molar-refractivity contribution is -0.432. The van der Waals surface area contributed by atoms with Crippen molar-refractivity contribution in [3.8, 4) is 90.1 Å². The van der Waals surface area contributed by atoms with E-state index in [4.69, 9.17) is 83.0 Å². The second kappa shape index (κ2) is 41.0. The second-order valence-corrected chi connectivity index (χ2v) is 36.2. The fourth-order valence-corrected chi connectivity index (χ4v) is 18.9. The number of benzene rings is 12. The van der Waals surface area contributed by atoms with Gasteiger partial charge in [0, 0.05) is 95.4 Å². The van der Waals surface area contributed by atoms with Gasteiger partial charge in [0.25, 0.3) is 20.2 Å². The number of aromatic nitrogens is 8. The van der Waals surface area contributed by atoms with Crippen molar-refractivity contribution in [2.24, 2.45) is 28.0 Å². The standard InChI is InChI=1S/C18H12N4O7S3.C18H11N3O8S3.2C18H11N3O5S2.4C2H6/c19-26-28-31-10-3-8-4-11(32(20,24)25)7-13-16(8)12(5-10)17-18(13)21-14-2-1-9(30-29-27-23)6-15(14)22-17;19-26-28-30-9-1-2-14-15(6-9)21-17-12-5-10(31-29-27-22)3-8-4-11(32(23,24)25)7-13(16(8)12)18(17)20-14;19-28(23,24)11-6-9-2-1-3-12-16(9)13(8-11)18-17(12)21-15-7-10(27-26-25-22)4-5-14(15)20-18;19-25-26-27-10-4-5-14-15(7-10)21-17-12-3-1-2-9-6-11(28(22,23)24)8-13(16(9)12)18(17)20-14;4*1-2/h1-7,23H,19H2,(H2,20,24,25);1-7,22H,19H2,(H,23,24,25);1-8,22H,(H2,19,23,24);1-8H,19H2,(H,22,23,24);4*1-2H3. The van der Waals surface area contributed by atoms with Crippen molar-refractivity contribution in [1.82, 2.24) is 39.9 Å². The number of hydrogen-bond donors (Lipinski definition) is 10. The van der Waals surface area contributed by atoms with Gasteiger partial charge in [-0.2, -0.15) is 34.5 Å². The quantitative estimate of drug-likeness (QED) is 0.0130. The lowest BCUT2D eigenvalue weighted by atomic mass is 10.0. The predicted molar refractivity (Wildman–Crippen MR) is 482 cm³/mol. The normalized spacial score (nSPS) is 12.0. The third-order valence-corrected chi connectivity index (χ3v) is 25.6. The molecule has 4 heterocycles. The van der Waals surface area contributed by atoms with Gasteiger partial charge in [-0.05, 0) is 167 Å². The van der Waals surface area contributed by atoms with E-state index in [9.17, 15) is 42.8 Å². The Balaban J connectivity index is 0.000000142. The summed E-state index contributed by atoms with van der Waals surface area (Å²) in [4.78, 5) is 53.5. The number of rotatable bonds is 22. The molecule has 664 valence electrons. The smallest absolute Gasteiger partial charge is 0.282 e. The van der Waals surface area contributed by atoms with Crippen molar-refractivity contribution in [3.63, 3.8) is 0 Å². The summed E-state index contributed by atoms with van der Waals surface area (Å²) >= 11 is 5.05. The molecule has 48 heteroatoms. The number of hydrogen-bond acceptors (Lipinski definition) is 40. The van der Waals surface area contributed by atoms with E-state index >= 15 is 0 Å². The van der Waals surface area contributed by atoms with Gasteiger partial charge in [0.1, 0.15) is 0 Å². The summed E-state index contributed by atoms with van der Waals surface area (Å²) in [5, 5.41) is 52.6. The van der Waals surface area contributed by atoms with E-state index in [0.29, 0.717) is 176 Å². The van der Waals surface area contributed by atoms with Crippen LogP contribution in [0.2, 0.25) is 0 Å². The molecular weight excluding hydrogens is 1860 g/mol. The SMILES string of the molecule is CC.CC.CC.CC.NOOSc1cc2c3c(cc(S(N)(=O)=O)cc3c1)-c1nc3ccc(SOOO)cc3nc1-2.NOOSc1ccc2nc3c(nc2c1)-c1cc(SOOO)cc2cc(S(=O)(=O)O)cc-3c12.NOOSc1ccc2nc3c(nc2c1)-c1cccc2cc(S(=O)(=O)O)cc-3c12.NS(=O)(=O)c1cc2c3c(cccc3c1)-c1nc3cc(SOOO)ccc3nc1-2. The highest BCUT2D eigenvalue weighted by Crippen LogP contribution is 2.53. The van der Waals surface area contributed by atoms with E-state index in [1.807, 2.05) is 91.8 Å². The molecule has 0 radical (unpaired) electrons. The van der Waals surface area contributed by atoms with E-state index < -0.39 is 40.3 Å². The number of sulfonamides is 2. The molecule has 4 aliphatic carbocycles. The van der Waals surface area contributed by atoms with Gasteiger partial charge in [-0.25, -0.2) is 82.8 Å². The molecule has 20 rings (SSSR count).